The third kappa shape index (κ3) is 2.45. The molecule has 0 bridgehead atoms. The molecular weight excluding hydrogens is 196 g/mol. The molecule has 1 aromatic carbocycles. The van der Waals surface area contributed by atoms with E-state index < -0.39 is 0 Å². The Morgan fingerprint density at radius 3 is 3.12 bits per heavy atom. The minimum absolute atomic E-state index is 0.959. The van der Waals surface area contributed by atoms with Gasteiger partial charge in [0.25, 0.3) is 0 Å². The van der Waals surface area contributed by atoms with Crippen molar-refractivity contribution in [1.29, 1.82) is 0 Å². The van der Waals surface area contributed by atoms with Crippen LogP contribution in [0.4, 0.5) is 5.69 Å². The van der Waals surface area contributed by atoms with E-state index in [2.05, 4.69) is 41.9 Å². The molecule has 0 radical (unpaired) electrons. The Morgan fingerprint density at radius 1 is 1.50 bits per heavy atom. The third-order valence-electron chi connectivity index (χ3n) is 3.12. The van der Waals surface area contributed by atoms with Gasteiger partial charge in [-0.25, -0.2) is 0 Å². The smallest absolute Gasteiger partial charge is 0.0376 e. The van der Waals surface area contributed by atoms with E-state index in [0.29, 0.717) is 0 Å². The van der Waals surface area contributed by atoms with E-state index >= 15 is 0 Å². The average Bonchev–Trinajstić information content (AvgIpc) is 2.75. The maximum Gasteiger partial charge on any atom is 0.0376 e. The van der Waals surface area contributed by atoms with Crippen molar-refractivity contribution < 1.29 is 0 Å². The zero-order valence-electron chi connectivity index (χ0n) is 10.00. The van der Waals surface area contributed by atoms with Gasteiger partial charge in [-0.05, 0) is 30.2 Å². The van der Waals surface area contributed by atoms with Crippen LogP contribution >= 0.6 is 0 Å². The largest absolute Gasteiger partial charge is 0.384 e. The summed E-state index contributed by atoms with van der Waals surface area (Å²) in [5, 5.41) is 3.43. The second kappa shape index (κ2) is 5.17. The van der Waals surface area contributed by atoms with Gasteiger partial charge in [-0.3, -0.25) is 4.90 Å². The summed E-state index contributed by atoms with van der Waals surface area (Å²) in [5.74, 6) is 0. The molecule has 2 rings (SSSR count). The third-order valence-corrected chi connectivity index (χ3v) is 3.12. The number of anilines is 1. The first-order valence-corrected chi connectivity index (χ1v) is 6.02. The summed E-state index contributed by atoms with van der Waals surface area (Å²) < 4.78 is 0. The normalized spacial score (nSPS) is 13.6. The minimum Gasteiger partial charge on any atom is -0.384 e. The number of hydrogen-bond acceptors (Lipinski definition) is 2. The highest BCUT2D eigenvalue weighted by atomic mass is 15.1. The van der Waals surface area contributed by atoms with Gasteiger partial charge in [-0.15, -0.1) is 6.58 Å². The minimum atomic E-state index is 0.959. The van der Waals surface area contributed by atoms with Crippen molar-refractivity contribution in [3.8, 4) is 0 Å². The summed E-state index contributed by atoms with van der Waals surface area (Å²) in [6.45, 7) is 10.1. The molecule has 1 aliphatic rings. The van der Waals surface area contributed by atoms with Crippen LogP contribution in [0.5, 0.6) is 0 Å². The highest BCUT2D eigenvalue weighted by Gasteiger charge is 2.10. The summed E-state index contributed by atoms with van der Waals surface area (Å²) in [6.07, 6.45) is 3.13. The maximum atomic E-state index is 3.79. The zero-order valence-corrected chi connectivity index (χ0v) is 10.00. The first-order chi connectivity index (χ1) is 7.83. The molecule has 86 valence electrons. The van der Waals surface area contributed by atoms with Gasteiger partial charge >= 0.3 is 0 Å². The topological polar surface area (TPSA) is 15.3 Å². The van der Waals surface area contributed by atoms with Crippen molar-refractivity contribution in [2.45, 2.75) is 19.9 Å². The fourth-order valence-corrected chi connectivity index (χ4v) is 2.18. The molecule has 2 heteroatoms. The summed E-state index contributed by atoms with van der Waals surface area (Å²) in [4.78, 5) is 2.38. The first-order valence-electron chi connectivity index (χ1n) is 6.02. The van der Waals surface area contributed by atoms with Gasteiger partial charge in [0.1, 0.15) is 0 Å². The van der Waals surface area contributed by atoms with Crippen LogP contribution in [0.25, 0.3) is 0 Å². The number of nitrogens with zero attached hydrogens (tertiary/aromatic N) is 1. The number of rotatable bonds is 5. The van der Waals surface area contributed by atoms with Crippen molar-refractivity contribution in [1.82, 2.24) is 4.90 Å². The summed E-state index contributed by atoms with van der Waals surface area (Å²) in [5.41, 5.74) is 4.17. The Bertz CT molecular complexity index is 371. The van der Waals surface area contributed by atoms with E-state index in [1.54, 1.807) is 0 Å². The lowest BCUT2D eigenvalue weighted by Gasteiger charge is -2.18. The average molecular weight is 216 g/mol. The van der Waals surface area contributed by atoms with Crippen LogP contribution in [0.3, 0.4) is 0 Å². The van der Waals surface area contributed by atoms with Crippen LogP contribution in [0.1, 0.15) is 18.1 Å². The van der Waals surface area contributed by atoms with Crippen molar-refractivity contribution in [3.05, 3.63) is 42.0 Å². The molecule has 0 saturated carbocycles. The van der Waals surface area contributed by atoms with E-state index in [0.717, 1.165) is 26.2 Å². The molecule has 1 N–H and O–H groups in total. The lowest BCUT2D eigenvalue weighted by atomic mass is 10.1. The molecule has 16 heavy (non-hydrogen) atoms. The van der Waals surface area contributed by atoms with Gasteiger partial charge in [0, 0.05) is 25.3 Å². The molecule has 0 saturated heterocycles. The fraction of sp³-hybridized carbons (Fsp3) is 0.429. The van der Waals surface area contributed by atoms with Gasteiger partial charge in [-0.2, -0.15) is 0 Å². The highest BCUT2D eigenvalue weighted by Crippen LogP contribution is 2.23. The van der Waals surface area contributed by atoms with Crippen LogP contribution in [0.2, 0.25) is 0 Å². The molecular formula is C14H20N2. The molecule has 0 fully saturated rings. The number of hydrogen-bond donors (Lipinski definition) is 1. The number of nitrogens with one attached hydrogen (secondary N) is 1. The van der Waals surface area contributed by atoms with E-state index in [1.165, 1.54) is 23.2 Å². The van der Waals surface area contributed by atoms with E-state index in [9.17, 15) is 0 Å². The molecule has 1 heterocycles. The van der Waals surface area contributed by atoms with Crippen LogP contribution < -0.4 is 5.32 Å². The molecule has 0 aliphatic carbocycles. The molecule has 1 aromatic rings. The predicted molar refractivity (Wildman–Crippen MR) is 69.8 cm³/mol. The van der Waals surface area contributed by atoms with Crippen molar-refractivity contribution >= 4 is 5.69 Å². The second-order valence-corrected chi connectivity index (χ2v) is 4.28. The van der Waals surface area contributed by atoms with Crippen LogP contribution in [-0.4, -0.2) is 24.5 Å². The maximum absolute atomic E-state index is 3.79. The Hall–Kier alpha value is -1.28. The van der Waals surface area contributed by atoms with Gasteiger partial charge in [-0.1, -0.05) is 25.1 Å². The van der Waals surface area contributed by atoms with Gasteiger partial charge < -0.3 is 5.32 Å². The summed E-state index contributed by atoms with van der Waals surface area (Å²) in [7, 11) is 0. The van der Waals surface area contributed by atoms with Gasteiger partial charge in [0.15, 0.2) is 0 Å². The van der Waals surface area contributed by atoms with Gasteiger partial charge in [0.2, 0.25) is 0 Å². The Morgan fingerprint density at radius 2 is 2.38 bits per heavy atom. The number of likely N-dealkylation sites (N-methyl/N-ethyl adjacent to an activating group) is 1. The van der Waals surface area contributed by atoms with Crippen LogP contribution in [0.15, 0.2) is 30.9 Å². The highest BCUT2D eigenvalue weighted by molar-refractivity contribution is 5.56. The van der Waals surface area contributed by atoms with Crippen molar-refractivity contribution in [2.24, 2.45) is 0 Å². The zero-order chi connectivity index (χ0) is 11.4. The van der Waals surface area contributed by atoms with Crippen molar-refractivity contribution in [3.63, 3.8) is 0 Å². The van der Waals surface area contributed by atoms with E-state index in [4.69, 9.17) is 0 Å². The lowest BCUT2D eigenvalue weighted by Crippen LogP contribution is -2.22. The molecule has 2 nitrogen and oxygen atoms in total. The Kier molecular flexibility index (Phi) is 3.62. The number of fused-ring (bicyclic) bond motifs is 1. The monoisotopic (exact) mass is 216 g/mol. The second-order valence-electron chi connectivity index (χ2n) is 4.28. The fourth-order valence-electron chi connectivity index (χ4n) is 2.18. The molecule has 1 aliphatic heterocycles. The Labute approximate surface area is 98.0 Å². The Balaban J connectivity index is 2.06. The van der Waals surface area contributed by atoms with E-state index in [1.807, 2.05) is 6.08 Å². The lowest BCUT2D eigenvalue weighted by molar-refractivity contribution is 0.311. The predicted octanol–water partition coefficient (Wildman–Crippen LogP) is 2.66. The molecule has 0 atom stereocenters. The van der Waals surface area contributed by atoms with Gasteiger partial charge in [0.05, 0.1) is 0 Å². The summed E-state index contributed by atoms with van der Waals surface area (Å²) in [6, 6.07) is 6.79. The summed E-state index contributed by atoms with van der Waals surface area (Å²) >= 11 is 0. The van der Waals surface area contributed by atoms with Crippen LogP contribution in [0, 0.1) is 0 Å². The number of benzene rings is 1. The first kappa shape index (κ1) is 11.2. The molecule has 0 amide bonds. The quantitative estimate of drug-likeness (QED) is 0.761. The molecule has 0 aromatic heterocycles. The molecule has 0 unspecified atom stereocenters. The standard InChI is InChI=1S/C14H20N2/c1-3-9-16(4-2)11-12-5-6-13-7-8-15-14(13)10-12/h3,5-6,10,15H,1,4,7-9,11H2,2H3. The molecule has 0 spiro atoms. The van der Waals surface area contributed by atoms with E-state index in [-0.39, 0.29) is 0 Å². The van der Waals surface area contributed by atoms with Crippen molar-refractivity contribution in [2.75, 3.05) is 25.0 Å². The SMILES string of the molecule is C=CCN(CC)Cc1ccc2c(c1)NCC2. The van der Waals surface area contributed by atoms with Crippen LogP contribution in [-0.2, 0) is 13.0 Å².